The summed E-state index contributed by atoms with van der Waals surface area (Å²) in [7, 11) is 0. The molecule has 2 unspecified atom stereocenters. The van der Waals surface area contributed by atoms with E-state index < -0.39 is 0 Å². The van der Waals surface area contributed by atoms with E-state index >= 15 is 0 Å². The number of rotatable bonds is 3. The first-order valence-corrected chi connectivity index (χ1v) is 33.3. The van der Waals surface area contributed by atoms with E-state index in [2.05, 4.69) is 232 Å². The second-order valence-corrected chi connectivity index (χ2v) is 27.1. The number of hydrogen-bond donors (Lipinski definition) is 0. The minimum Gasteiger partial charge on any atom is -0.492 e. The molecule has 0 spiro atoms. The van der Waals surface area contributed by atoms with Crippen molar-refractivity contribution < 1.29 is 28.4 Å². The number of benzene rings is 12. The van der Waals surface area contributed by atoms with Gasteiger partial charge in [0.2, 0.25) is 0 Å². The molecule has 450 valence electrons. The maximum absolute atomic E-state index is 6.55. The molecule has 12 aromatic carbocycles. The van der Waals surface area contributed by atoms with Crippen LogP contribution >= 0.6 is 11.6 Å². The first kappa shape index (κ1) is 56.5. The molecule has 7 heteroatoms. The number of halogens is 1. The van der Waals surface area contributed by atoms with Crippen LogP contribution in [0, 0.1) is 47.3 Å². The predicted octanol–water partition coefficient (Wildman–Crippen LogP) is 21.3. The van der Waals surface area contributed by atoms with Crippen molar-refractivity contribution in [1.82, 2.24) is 0 Å². The molecule has 12 aromatic rings. The highest BCUT2D eigenvalue weighted by molar-refractivity contribution is 6.21. The lowest BCUT2D eigenvalue weighted by atomic mass is 9.70. The van der Waals surface area contributed by atoms with Gasteiger partial charge in [0.15, 0.2) is 0 Å². The van der Waals surface area contributed by atoms with Gasteiger partial charge in [0.25, 0.3) is 0 Å². The minimum absolute atomic E-state index is 0.232. The first-order chi connectivity index (χ1) is 44.3. The highest BCUT2D eigenvalue weighted by Crippen LogP contribution is 2.52. The molecule has 90 heavy (non-hydrogen) atoms. The summed E-state index contributed by atoms with van der Waals surface area (Å²) in [6.07, 6.45) is 7.38. The monoisotopic (exact) mass is 1200 g/mol. The Balaban J connectivity index is 0.000000108. The fourth-order valence-electron chi connectivity index (χ4n) is 15.6. The summed E-state index contributed by atoms with van der Waals surface area (Å²) in [6.45, 7) is 8.81. The van der Waals surface area contributed by atoms with Crippen molar-refractivity contribution >= 4 is 76.2 Å². The zero-order valence-electron chi connectivity index (χ0n) is 51.3. The molecule has 0 bridgehead atoms. The van der Waals surface area contributed by atoms with E-state index in [1.54, 1.807) is 0 Å². The zero-order valence-corrected chi connectivity index (χ0v) is 52.0. The van der Waals surface area contributed by atoms with Crippen LogP contribution in [0.15, 0.2) is 218 Å². The molecular weight excluding hydrogens is 1130 g/mol. The standard InChI is InChI=1S/2C28H26O2.C27H23ClO2/c2*1-18-14-21(15-18)22-16-29-25-12-10-19-6-2-4-8-23(19)27(25)28-24-9-5-3-7-20(24)11-13-26(28)30-17-22;28-23-12-11-20(23)19-15-29-24-13-9-17-5-1-3-7-21(17)26(24)27-22-8-4-2-6-18(22)10-14-25(27)30-16-19/h2*2-13,18,21-22H,14-17H2,1H3;1-10,13-14,19-20,23H,11-12,15-16H2. The Labute approximate surface area is 532 Å². The molecule has 3 fully saturated rings. The van der Waals surface area contributed by atoms with Gasteiger partial charge in [-0.1, -0.05) is 196 Å². The summed E-state index contributed by atoms with van der Waals surface area (Å²) in [5.74, 6) is 10.4. The molecule has 0 N–H and O–H groups in total. The molecule has 3 aliphatic carbocycles. The molecule has 6 aliphatic rings. The van der Waals surface area contributed by atoms with E-state index in [1.165, 1.54) is 90.3 Å². The smallest absolute Gasteiger partial charge is 0.127 e. The molecule has 18 rings (SSSR count). The van der Waals surface area contributed by atoms with Crippen LogP contribution in [0.5, 0.6) is 34.5 Å². The number of hydrogen-bond acceptors (Lipinski definition) is 6. The lowest BCUT2D eigenvalue weighted by molar-refractivity contribution is 0.0609. The molecule has 0 saturated heterocycles. The topological polar surface area (TPSA) is 55.4 Å². The summed E-state index contributed by atoms with van der Waals surface area (Å²) in [5, 5.41) is 14.8. The molecular formula is C83H75ClO6. The normalized spacial score (nSPS) is 21.4. The van der Waals surface area contributed by atoms with E-state index in [4.69, 9.17) is 40.0 Å². The Hall–Kier alpha value is -8.71. The summed E-state index contributed by atoms with van der Waals surface area (Å²) < 4.78 is 39.2. The Morgan fingerprint density at radius 3 is 0.678 bits per heavy atom. The number of fused-ring (bicyclic) bond motifs is 21. The number of alkyl halides is 1. The molecule has 6 nitrogen and oxygen atoms in total. The zero-order chi connectivity index (χ0) is 60.2. The van der Waals surface area contributed by atoms with Crippen LogP contribution in [0.1, 0.15) is 52.4 Å². The average Bonchev–Trinajstić information content (AvgIpc) is 1.15. The lowest BCUT2D eigenvalue weighted by Crippen LogP contribution is -2.39. The van der Waals surface area contributed by atoms with Crippen molar-refractivity contribution in [2.75, 3.05) is 39.6 Å². The van der Waals surface area contributed by atoms with Crippen LogP contribution < -0.4 is 28.4 Å². The predicted molar refractivity (Wildman–Crippen MR) is 370 cm³/mol. The second kappa shape index (κ2) is 24.2. The van der Waals surface area contributed by atoms with Gasteiger partial charge in [-0.15, -0.1) is 11.6 Å². The van der Waals surface area contributed by atoms with E-state index in [1.807, 2.05) is 0 Å². The summed E-state index contributed by atoms with van der Waals surface area (Å²) >= 11 is 6.53. The van der Waals surface area contributed by atoms with Crippen molar-refractivity contribution in [2.24, 2.45) is 47.3 Å². The van der Waals surface area contributed by atoms with Gasteiger partial charge in [-0.25, -0.2) is 0 Å². The van der Waals surface area contributed by atoms with Gasteiger partial charge < -0.3 is 28.4 Å². The van der Waals surface area contributed by atoms with Gasteiger partial charge >= 0.3 is 0 Å². The van der Waals surface area contributed by atoms with Gasteiger partial charge in [0.05, 0.1) is 39.6 Å². The van der Waals surface area contributed by atoms with Crippen molar-refractivity contribution in [2.45, 2.75) is 57.7 Å². The third-order valence-corrected chi connectivity index (χ3v) is 21.4. The van der Waals surface area contributed by atoms with Crippen LogP contribution in [0.3, 0.4) is 0 Å². The second-order valence-electron chi connectivity index (χ2n) is 26.5. The van der Waals surface area contributed by atoms with Crippen molar-refractivity contribution in [3.05, 3.63) is 218 Å². The van der Waals surface area contributed by atoms with E-state index in [-0.39, 0.29) is 11.3 Å². The van der Waals surface area contributed by atoms with Crippen LogP contribution in [-0.2, 0) is 0 Å². The minimum atomic E-state index is 0.232. The Kier molecular flexibility index (Phi) is 15.2. The summed E-state index contributed by atoms with van der Waals surface area (Å²) in [4.78, 5) is 0. The molecule has 3 aliphatic heterocycles. The summed E-state index contributed by atoms with van der Waals surface area (Å²) in [6, 6.07) is 77.2. The summed E-state index contributed by atoms with van der Waals surface area (Å²) in [5.41, 5.74) is 6.86. The Morgan fingerprint density at radius 2 is 0.478 bits per heavy atom. The average molecular weight is 1200 g/mol. The molecule has 0 radical (unpaired) electrons. The fraction of sp³-hybridized carbons (Fsp3) is 0.277. The largest absolute Gasteiger partial charge is 0.492 e. The molecule has 3 saturated carbocycles. The van der Waals surface area contributed by atoms with Crippen molar-refractivity contribution in [1.29, 1.82) is 0 Å². The van der Waals surface area contributed by atoms with Gasteiger partial charge in [0.1, 0.15) is 34.5 Å². The fourth-order valence-corrected chi connectivity index (χ4v) is 16.1. The highest BCUT2D eigenvalue weighted by Gasteiger charge is 2.39. The third-order valence-electron chi connectivity index (χ3n) is 20.8. The maximum atomic E-state index is 6.55. The Bertz CT molecular complexity index is 4190. The van der Waals surface area contributed by atoms with Crippen LogP contribution in [0.2, 0.25) is 0 Å². The molecule has 0 amide bonds. The maximum Gasteiger partial charge on any atom is 0.127 e. The van der Waals surface area contributed by atoms with Crippen molar-refractivity contribution in [3.8, 4) is 67.9 Å². The van der Waals surface area contributed by atoms with Crippen molar-refractivity contribution in [3.63, 3.8) is 0 Å². The van der Waals surface area contributed by atoms with Gasteiger partial charge in [-0.05, 0) is 169 Å². The Morgan fingerprint density at radius 1 is 0.256 bits per heavy atom. The van der Waals surface area contributed by atoms with E-state index in [0.29, 0.717) is 69.2 Å². The van der Waals surface area contributed by atoms with Crippen LogP contribution in [0.25, 0.3) is 98.0 Å². The number of ether oxygens (including phenoxy) is 6. The quantitative estimate of drug-likeness (QED) is 0.164. The van der Waals surface area contributed by atoms with Crippen LogP contribution in [0.4, 0.5) is 0 Å². The molecule has 3 heterocycles. The van der Waals surface area contributed by atoms with E-state index in [9.17, 15) is 0 Å². The molecule has 0 aromatic heterocycles. The van der Waals surface area contributed by atoms with Gasteiger partial charge in [0, 0.05) is 56.5 Å². The third kappa shape index (κ3) is 10.6. The van der Waals surface area contributed by atoms with Gasteiger partial charge in [-0.3, -0.25) is 0 Å². The lowest BCUT2D eigenvalue weighted by Gasteiger charge is -2.38. The molecule has 2 atom stereocenters. The first-order valence-electron chi connectivity index (χ1n) is 32.9. The van der Waals surface area contributed by atoms with Gasteiger partial charge in [-0.2, -0.15) is 0 Å². The highest BCUT2D eigenvalue weighted by atomic mass is 35.5. The SMILES string of the molecule is CC1CC(C2COc3ccc4ccccc4c3-c3c(ccc4ccccc34)OC2)C1.CC1CC(C2COc3ccc4ccccc4c3-c3c(ccc4ccccc34)OC2)C1.ClC1CCC1C1COc2ccc3ccccc3c2-c2c(ccc3ccccc23)OC1. The van der Waals surface area contributed by atoms with E-state index in [0.717, 1.165) is 92.6 Å². The van der Waals surface area contributed by atoms with Crippen LogP contribution in [-0.4, -0.2) is 45.0 Å².